The van der Waals surface area contributed by atoms with Crippen LogP contribution in [0.3, 0.4) is 0 Å². The topological polar surface area (TPSA) is 56.1 Å². The SMILES string of the molecule is Cc1ccc(N(Cc2cc(Cl)cc(Cl)c2O)CN(N=O)c2ccccc2)cc1. The van der Waals surface area contributed by atoms with Crippen LogP contribution in [0, 0.1) is 11.8 Å². The molecule has 28 heavy (non-hydrogen) atoms. The standard InChI is InChI=1S/C21H19Cl2N3O2/c1-15-7-9-18(10-8-15)25(13-16-11-17(22)12-20(23)21(16)27)14-26(24-28)19-5-3-2-4-6-19/h2-12,27H,13-14H2,1H3. The lowest BCUT2D eigenvalue weighted by Gasteiger charge is -2.29. The molecule has 7 heteroatoms. The Morgan fingerprint density at radius 3 is 2.29 bits per heavy atom. The molecule has 1 N–H and O–H groups in total. The van der Waals surface area contributed by atoms with Crippen LogP contribution in [-0.2, 0) is 6.54 Å². The molecule has 0 aliphatic rings. The number of hydrogen-bond donors (Lipinski definition) is 1. The van der Waals surface area contributed by atoms with Gasteiger partial charge in [0.25, 0.3) is 0 Å². The molecule has 3 rings (SSSR count). The number of anilines is 2. The lowest BCUT2D eigenvalue weighted by molar-refractivity contribution is 0.467. The van der Waals surface area contributed by atoms with Crippen molar-refractivity contribution in [2.45, 2.75) is 13.5 Å². The number of aromatic hydroxyl groups is 1. The third-order valence-corrected chi connectivity index (χ3v) is 4.83. The maximum absolute atomic E-state index is 11.5. The molecule has 144 valence electrons. The van der Waals surface area contributed by atoms with E-state index >= 15 is 0 Å². The van der Waals surface area contributed by atoms with Gasteiger partial charge < -0.3 is 10.0 Å². The molecule has 5 nitrogen and oxygen atoms in total. The van der Waals surface area contributed by atoms with E-state index in [0.29, 0.717) is 16.3 Å². The van der Waals surface area contributed by atoms with E-state index in [0.717, 1.165) is 11.3 Å². The van der Waals surface area contributed by atoms with Crippen LogP contribution in [0.5, 0.6) is 5.75 Å². The first-order chi connectivity index (χ1) is 13.5. The highest BCUT2D eigenvalue weighted by atomic mass is 35.5. The zero-order valence-corrected chi connectivity index (χ0v) is 16.7. The molecule has 3 aromatic carbocycles. The summed E-state index contributed by atoms with van der Waals surface area (Å²) in [5.41, 5.74) is 3.20. The van der Waals surface area contributed by atoms with Crippen LogP contribution in [0.1, 0.15) is 11.1 Å². The van der Waals surface area contributed by atoms with Gasteiger partial charge in [-0.15, -0.1) is 4.91 Å². The van der Waals surface area contributed by atoms with E-state index in [-0.39, 0.29) is 24.0 Å². The minimum absolute atomic E-state index is 0.0338. The van der Waals surface area contributed by atoms with Gasteiger partial charge in [0.15, 0.2) is 0 Å². The van der Waals surface area contributed by atoms with Crippen LogP contribution < -0.4 is 9.91 Å². The molecule has 0 spiro atoms. The number of aryl methyl sites for hydroxylation is 1. The Morgan fingerprint density at radius 2 is 1.64 bits per heavy atom. The molecule has 0 heterocycles. The minimum Gasteiger partial charge on any atom is -0.506 e. The van der Waals surface area contributed by atoms with Crippen LogP contribution in [0.25, 0.3) is 0 Å². The van der Waals surface area contributed by atoms with E-state index in [1.807, 2.05) is 66.4 Å². The molecule has 0 saturated heterocycles. The third kappa shape index (κ3) is 4.74. The summed E-state index contributed by atoms with van der Waals surface area (Å²) < 4.78 is 0. The smallest absolute Gasteiger partial charge is 0.139 e. The number of nitroso groups, excluding NO2 is 1. The Morgan fingerprint density at radius 1 is 0.964 bits per heavy atom. The number of rotatable bonds is 7. The summed E-state index contributed by atoms with van der Waals surface area (Å²) in [5.74, 6) is -0.0338. The second-order valence-electron chi connectivity index (χ2n) is 6.39. The zero-order valence-electron chi connectivity index (χ0n) is 15.2. The molecule has 0 fully saturated rings. The van der Waals surface area contributed by atoms with Crippen molar-refractivity contribution >= 4 is 34.6 Å². The van der Waals surface area contributed by atoms with Crippen molar-refractivity contribution < 1.29 is 5.11 Å². The van der Waals surface area contributed by atoms with Gasteiger partial charge in [0, 0.05) is 22.8 Å². The lowest BCUT2D eigenvalue weighted by atomic mass is 10.1. The predicted molar refractivity (Wildman–Crippen MR) is 115 cm³/mol. The molecule has 0 atom stereocenters. The fourth-order valence-electron chi connectivity index (χ4n) is 2.84. The highest BCUT2D eigenvalue weighted by Crippen LogP contribution is 2.33. The normalized spacial score (nSPS) is 10.5. The highest BCUT2D eigenvalue weighted by molar-refractivity contribution is 6.35. The highest BCUT2D eigenvalue weighted by Gasteiger charge is 2.17. The first-order valence-electron chi connectivity index (χ1n) is 8.62. The number of halogens is 2. The number of phenols is 1. The van der Waals surface area contributed by atoms with E-state index < -0.39 is 0 Å². The first-order valence-corrected chi connectivity index (χ1v) is 9.38. The van der Waals surface area contributed by atoms with E-state index in [1.165, 1.54) is 11.1 Å². The second-order valence-corrected chi connectivity index (χ2v) is 7.23. The van der Waals surface area contributed by atoms with Crippen molar-refractivity contribution in [3.63, 3.8) is 0 Å². The summed E-state index contributed by atoms with van der Waals surface area (Å²) in [4.78, 5) is 13.4. The van der Waals surface area contributed by atoms with Crippen molar-refractivity contribution in [3.8, 4) is 5.75 Å². The largest absolute Gasteiger partial charge is 0.506 e. The minimum atomic E-state index is -0.0338. The molecule has 0 unspecified atom stereocenters. The monoisotopic (exact) mass is 415 g/mol. The third-order valence-electron chi connectivity index (χ3n) is 4.32. The predicted octanol–water partition coefficient (Wildman–Crippen LogP) is 6.16. The number of phenolic OH excluding ortho intramolecular Hbond substituents is 1. The van der Waals surface area contributed by atoms with Crippen LogP contribution in [0.4, 0.5) is 11.4 Å². The Balaban J connectivity index is 1.96. The number of nitrogens with zero attached hydrogens (tertiary/aromatic N) is 3. The van der Waals surface area contributed by atoms with Gasteiger partial charge in [-0.05, 0) is 43.3 Å². The second kappa shape index (κ2) is 8.95. The molecule has 0 amide bonds. The molecular formula is C21H19Cl2N3O2. The van der Waals surface area contributed by atoms with Gasteiger partial charge in [0.2, 0.25) is 0 Å². The van der Waals surface area contributed by atoms with Crippen LogP contribution in [0.15, 0.2) is 72.0 Å². The van der Waals surface area contributed by atoms with Crippen molar-refractivity contribution in [1.82, 2.24) is 0 Å². The van der Waals surface area contributed by atoms with Gasteiger partial charge in [0.05, 0.1) is 16.0 Å². The van der Waals surface area contributed by atoms with Crippen molar-refractivity contribution in [2.24, 2.45) is 5.29 Å². The summed E-state index contributed by atoms with van der Waals surface area (Å²) in [7, 11) is 0. The van der Waals surface area contributed by atoms with Gasteiger partial charge in [-0.25, -0.2) is 5.01 Å². The number of hydrogen-bond acceptors (Lipinski definition) is 4. The van der Waals surface area contributed by atoms with Crippen LogP contribution >= 0.6 is 23.2 Å². The average molecular weight is 416 g/mol. The molecule has 0 aliphatic heterocycles. The fourth-order valence-corrected chi connectivity index (χ4v) is 3.38. The summed E-state index contributed by atoms with van der Waals surface area (Å²) in [6.45, 7) is 2.47. The molecule has 0 bridgehead atoms. The lowest BCUT2D eigenvalue weighted by Crippen LogP contribution is -2.34. The van der Waals surface area contributed by atoms with Gasteiger partial charge in [-0.1, -0.05) is 59.1 Å². The summed E-state index contributed by atoms with van der Waals surface area (Å²) in [6, 6.07) is 20.2. The molecular weight excluding hydrogens is 397 g/mol. The Labute approximate surface area is 173 Å². The number of para-hydroxylation sites is 1. The van der Waals surface area contributed by atoms with Gasteiger partial charge in [-0.2, -0.15) is 0 Å². The summed E-state index contributed by atoms with van der Waals surface area (Å²) in [5, 5.41) is 15.5. The number of benzene rings is 3. The molecule has 0 aromatic heterocycles. The van der Waals surface area contributed by atoms with Crippen LogP contribution in [0.2, 0.25) is 10.0 Å². The van der Waals surface area contributed by atoms with E-state index in [1.54, 1.807) is 6.07 Å². The van der Waals surface area contributed by atoms with Crippen molar-refractivity contribution in [3.05, 3.63) is 92.8 Å². The van der Waals surface area contributed by atoms with E-state index in [2.05, 4.69) is 5.29 Å². The van der Waals surface area contributed by atoms with Gasteiger partial charge in [0.1, 0.15) is 12.4 Å². The van der Waals surface area contributed by atoms with E-state index in [4.69, 9.17) is 23.2 Å². The van der Waals surface area contributed by atoms with E-state index in [9.17, 15) is 10.0 Å². The Hall–Kier alpha value is -2.76. The molecule has 0 aliphatic carbocycles. The average Bonchev–Trinajstić information content (AvgIpc) is 2.70. The van der Waals surface area contributed by atoms with Crippen LogP contribution in [-0.4, -0.2) is 11.8 Å². The van der Waals surface area contributed by atoms with Crippen molar-refractivity contribution in [2.75, 3.05) is 16.6 Å². The quantitative estimate of drug-likeness (QED) is 0.285. The van der Waals surface area contributed by atoms with Crippen molar-refractivity contribution in [1.29, 1.82) is 0 Å². The molecule has 3 aromatic rings. The summed E-state index contributed by atoms with van der Waals surface area (Å²) >= 11 is 12.2. The fraction of sp³-hybridized carbons (Fsp3) is 0.143. The Kier molecular flexibility index (Phi) is 6.39. The first kappa shape index (κ1) is 20.0. The maximum atomic E-state index is 11.5. The van der Waals surface area contributed by atoms with Gasteiger partial charge in [-0.3, -0.25) is 0 Å². The zero-order chi connectivity index (χ0) is 20.1. The molecule has 0 radical (unpaired) electrons. The maximum Gasteiger partial charge on any atom is 0.139 e. The Bertz CT molecular complexity index is 950. The summed E-state index contributed by atoms with van der Waals surface area (Å²) in [6.07, 6.45) is 0. The molecule has 0 saturated carbocycles. The van der Waals surface area contributed by atoms with Gasteiger partial charge >= 0.3 is 0 Å².